The first kappa shape index (κ1) is 20.0. The molecule has 4 nitrogen and oxygen atoms in total. The molecule has 0 aliphatic carbocycles. The Balaban J connectivity index is 0.00000210. The number of anilines is 1. The van der Waals surface area contributed by atoms with Crippen LogP contribution in [0.25, 0.3) is 0 Å². The van der Waals surface area contributed by atoms with E-state index in [-0.39, 0.29) is 31.0 Å². The van der Waals surface area contributed by atoms with Crippen LogP contribution < -0.4 is 9.64 Å². The number of ether oxygens (including phenoxy) is 1. The van der Waals surface area contributed by atoms with Crippen molar-refractivity contribution in [3.63, 3.8) is 0 Å². The zero-order valence-electron chi connectivity index (χ0n) is 15.1. The van der Waals surface area contributed by atoms with Gasteiger partial charge in [-0.1, -0.05) is 29.8 Å². The third-order valence-electron chi connectivity index (χ3n) is 5.43. The van der Waals surface area contributed by atoms with Gasteiger partial charge in [-0.2, -0.15) is 0 Å². The van der Waals surface area contributed by atoms with E-state index >= 15 is 0 Å². The lowest BCUT2D eigenvalue weighted by atomic mass is 9.83. The van der Waals surface area contributed by atoms with Crippen molar-refractivity contribution in [3.05, 3.63) is 59.6 Å². The second kappa shape index (κ2) is 8.96. The average molecular weight is 407 g/mol. The highest BCUT2D eigenvalue weighted by Crippen LogP contribution is 2.33. The summed E-state index contributed by atoms with van der Waals surface area (Å²) in [6.45, 7) is 3.28. The Hall–Kier alpha value is -1.75. The predicted octanol–water partition coefficient (Wildman–Crippen LogP) is 4.27. The van der Waals surface area contributed by atoms with Gasteiger partial charge in [0.2, 0.25) is 0 Å². The third kappa shape index (κ3) is 4.57. The van der Waals surface area contributed by atoms with Crippen LogP contribution in [0, 0.1) is 5.92 Å². The fraction of sp³-hybridized carbons (Fsp3) is 0.381. The molecule has 1 unspecified atom stereocenters. The molecule has 0 saturated carbocycles. The second-order valence-electron chi connectivity index (χ2n) is 7.05. The summed E-state index contributed by atoms with van der Waals surface area (Å²) in [5.41, 5.74) is 0.955. The van der Waals surface area contributed by atoms with Crippen molar-refractivity contribution >= 4 is 35.6 Å². The summed E-state index contributed by atoms with van der Waals surface area (Å²) in [6, 6.07) is 17.3. The Morgan fingerprint density at radius 1 is 1.07 bits per heavy atom. The zero-order chi connectivity index (χ0) is 17.9. The van der Waals surface area contributed by atoms with E-state index < -0.39 is 0 Å². The maximum Gasteiger partial charge on any atom is 0.265 e. The summed E-state index contributed by atoms with van der Waals surface area (Å²) >= 11 is 5.91. The van der Waals surface area contributed by atoms with Crippen molar-refractivity contribution < 1.29 is 9.53 Å². The number of hydrogen-bond acceptors (Lipinski definition) is 3. The largest absolute Gasteiger partial charge is 0.484 e. The summed E-state index contributed by atoms with van der Waals surface area (Å²) in [7, 11) is 0. The van der Waals surface area contributed by atoms with Crippen LogP contribution >= 0.6 is 24.0 Å². The molecule has 144 valence electrons. The molecule has 0 radical (unpaired) electrons. The molecule has 3 aliphatic rings. The van der Waals surface area contributed by atoms with Crippen molar-refractivity contribution in [2.75, 3.05) is 31.1 Å². The molecule has 3 saturated heterocycles. The fourth-order valence-electron chi connectivity index (χ4n) is 4.08. The molecule has 0 spiro atoms. The average Bonchev–Trinajstić information content (AvgIpc) is 2.70. The molecule has 0 N–H and O–H groups in total. The van der Waals surface area contributed by atoms with Crippen LogP contribution in [0.2, 0.25) is 5.02 Å². The Bertz CT molecular complexity index is 747. The number of rotatable bonds is 5. The van der Waals surface area contributed by atoms with E-state index in [1.54, 1.807) is 24.3 Å². The van der Waals surface area contributed by atoms with E-state index in [9.17, 15) is 4.79 Å². The van der Waals surface area contributed by atoms with E-state index in [0.29, 0.717) is 16.7 Å². The van der Waals surface area contributed by atoms with Crippen molar-refractivity contribution in [3.8, 4) is 5.75 Å². The Morgan fingerprint density at radius 3 is 2.33 bits per heavy atom. The number of nitrogens with zero attached hydrogens (tertiary/aromatic N) is 2. The van der Waals surface area contributed by atoms with Crippen molar-refractivity contribution in [2.45, 2.75) is 18.9 Å². The molecule has 1 atom stereocenters. The van der Waals surface area contributed by atoms with Gasteiger partial charge in [-0.05, 0) is 68.2 Å². The number of carbonyl (C=O) groups is 1. The zero-order valence-corrected chi connectivity index (χ0v) is 16.7. The van der Waals surface area contributed by atoms with Gasteiger partial charge in [0.15, 0.2) is 6.61 Å². The summed E-state index contributed by atoms with van der Waals surface area (Å²) in [5, 5.41) is 0.655. The number of para-hydroxylation sites is 1. The molecule has 2 aromatic carbocycles. The molecule has 2 bridgehead atoms. The molecular weight excluding hydrogens is 383 g/mol. The lowest BCUT2D eigenvalue weighted by Gasteiger charge is -2.49. The van der Waals surface area contributed by atoms with Gasteiger partial charge in [0.1, 0.15) is 5.75 Å². The molecule has 5 rings (SSSR count). The summed E-state index contributed by atoms with van der Waals surface area (Å²) in [4.78, 5) is 17.5. The van der Waals surface area contributed by atoms with Crippen molar-refractivity contribution in [1.82, 2.24) is 4.90 Å². The second-order valence-corrected chi connectivity index (χ2v) is 7.48. The quantitative estimate of drug-likeness (QED) is 0.742. The molecular formula is C21H24Cl2N2O2. The number of hydrogen-bond donors (Lipinski definition) is 0. The van der Waals surface area contributed by atoms with Crippen LogP contribution in [-0.2, 0) is 4.79 Å². The number of halogens is 2. The van der Waals surface area contributed by atoms with Crippen molar-refractivity contribution in [2.24, 2.45) is 5.92 Å². The van der Waals surface area contributed by atoms with Gasteiger partial charge in [0, 0.05) is 17.3 Å². The maximum absolute atomic E-state index is 13.1. The number of piperidine rings is 3. The number of fused-ring (bicyclic) bond motifs is 3. The summed E-state index contributed by atoms with van der Waals surface area (Å²) in [5.74, 6) is 1.23. The van der Waals surface area contributed by atoms with E-state index in [1.165, 1.54) is 12.8 Å². The first-order chi connectivity index (χ1) is 12.7. The van der Waals surface area contributed by atoms with Crippen LogP contribution in [0.1, 0.15) is 12.8 Å². The van der Waals surface area contributed by atoms with Gasteiger partial charge in [-0.25, -0.2) is 0 Å². The van der Waals surface area contributed by atoms with Crippen LogP contribution in [0.5, 0.6) is 5.75 Å². The van der Waals surface area contributed by atoms with E-state index in [4.69, 9.17) is 16.3 Å². The van der Waals surface area contributed by atoms with Gasteiger partial charge in [0.05, 0.1) is 6.04 Å². The highest BCUT2D eigenvalue weighted by atomic mass is 35.5. The van der Waals surface area contributed by atoms with Gasteiger partial charge < -0.3 is 14.5 Å². The van der Waals surface area contributed by atoms with Gasteiger partial charge in [0.25, 0.3) is 5.91 Å². The van der Waals surface area contributed by atoms with Crippen molar-refractivity contribution in [1.29, 1.82) is 0 Å². The van der Waals surface area contributed by atoms with Crippen LogP contribution in [-0.4, -0.2) is 43.1 Å². The molecule has 6 heteroatoms. The lowest BCUT2D eigenvalue weighted by molar-refractivity contribution is -0.122. The van der Waals surface area contributed by atoms with E-state index in [2.05, 4.69) is 4.90 Å². The van der Waals surface area contributed by atoms with Crippen LogP contribution in [0.15, 0.2) is 54.6 Å². The minimum atomic E-state index is 0. The standard InChI is InChI=1S/C21H23ClN2O2.ClH/c22-17-6-8-19(9-7-17)26-15-21(25)24(18-4-2-1-3-5-18)20-14-23-12-10-16(20)11-13-23;/h1-9,16,20H,10-15H2;1H. The normalized spacial score (nSPS) is 23.4. The van der Waals surface area contributed by atoms with Crippen LogP contribution in [0.3, 0.4) is 0 Å². The first-order valence-corrected chi connectivity index (χ1v) is 9.56. The SMILES string of the molecule is Cl.O=C(COc1ccc(Cl)cc1)N(c1ccccc1)C1CN2CCC1CC2. The summed E-state index contributed by atoms with van der Waals surface area (Å²) in [6.07, 6.45) is 2.33. The lowest BCUT2D eigenvalue weighted by Crippen LogP contribution is -2.59. The van der Waals surface area contributed by atoms with E-state index in [1.807, 2.05) is 35.2 Å². The predicted molar refractivity (Wildman–Crippen MR) is 111 cm³/mol. The molecule has 3 fully saturated rings. The Labute approximate surface area is 171 Å². The molecule has 1 amide bonds. The van der Waals surface area contributed by atoms with Crippen LogP contribution in [0.4, 0.5) is 5.69 Å². The third-order valence-corrected chi connectivity index (χ3v) is 5.68. The topological polar surface area (TPSA) is 32.8 Å². The number of benzene rings is 2. The van der Waals surface area contributed by atoms with Gasteiger partial charge in [-0.3, -0.25) is 4.79 Å². The highest BCUT2D eigenvalue weighted by molar-refractivity contribution is 6.30. The fourth-order valence-corrected chi connectivity index (χ4v) is 4.21. The van der Waals surface area contributed by atoms with E-state index in [0.717, 1.165) is 25.3 Å². The Morgan fingerprint density at radius 2 is 1.74 bits per heavy atom. The monoisotopic (exact) mass is 406 g/mol. The van der Waals surface area contributed by atoms with Gasteiger partial charge in [-0.15, -0.1) is 12.4 Å². The molecule has 0 aromatic heterocycles. The Kier molecular flexibility index (Phi) is 6.64. The minimum absolute atomic E-state index is 0. The smallest absolute Gasteiger partial charge is 0.265 e. The molecule has 3 aliphatic heterocycles. The first-order valence-electron chi connectivity index (χ1n) is 9.18. The summed E-state index contributed by atoms with van der Waals surface area (Å²) < 4.78 is 5.73. The molecule has 2 aromatic rings. The number of carbonyl (C=O) groups excluding carboxylic acids is 1. The highest BCUT2D eigenvalue weighted by Gasteiger charge is 2.39. The molecule has 27 heavy (non-hydrogen) atoms. The van der Waals surface area contributed by atoms with Gasteiger partial charge >= 0.3 is 0 Å². The number of amides is 1. The minimum Gasteiger partial charge on any atom is -0.484 e. The maximum atomic E-state index is 13.1. The molecule has 3 heterocycles.